The molecule has 1 fully saturated rings. The maximum Gasteiger partial charge on any atom is 0.0947 e. The van der Waals surface area contributed by atoms with Gasteiger partial charge in [-0.3, -0.25) is 0 Å². The summed E-state index contributed by atoms with van der Waals surface area (Å²) in [4.78, 5) is 0. The van der Waals surface area contributed by atoms with Gasteiger partial charge in [-0.25, -0.2) is 8.93 Å². The summed E-state index contributed by atoms with van der Waals surface area (Å²) in [6.45, 7) is 5.12. The van der Waals surface area contributed by atoms with E-state index in [2.05, 4.69) is 18.6 Å². The molecule has 1 aliphatic carbocycles. The van der Waals surface area contributed by atoms with Crippen LogP contribution in [0.2, 0.25) is 0 Å². The van der Waals surface area contributed by atoms with Crippen LogP contribution < -0.4 is 4.72 Å². The van der Waals surface area contributed by atoms with Crippen molar-refractivity contribution in [2.24, 2.45) is 5.92 Å². The van der Waals surface area contributed by atoms with Crippen LogP contribution in [0.3, 0.4) is 0 Å². The number of hydrogen-bond donors (Lipinski definition) is 1. The van der Waals surface area contributed by atoms with Gasteiger partial charge in [0, 0.05) is 11.8 Å². The Kier molecular flexibility index (Phi) is 2.86. The average molecular weight is 161 g/mol. The largest absolute Gasteiger partial charge is 0.243 e. The van der Waals surface area contributed by atoms with Crippen LogP contribution in [0.15, 0.2) is 0 Å². The predicted molar refractivity (Wildman–Crippen MR) is 44.0 cm³/mol. The van der Waals surface area contributed by atoms with Crippen molar-refractivity contribution >= 4 is 11.0 Å². The lowest BCUT2D eigenvalue weighted by Gasteiger charge is -2.04. The molecule has 0 spiro atoms. The van der Waals surface area contributed by atoms with E-state index in [9.17, 15) is 4.21 Å². The van der Waals surface area contributed by atoms with Crippen molar-refractivity contribution in [3.05, 3.63) is 0 Å². The standard InChI is InChI=1S/C7H15NOS/c1-6(2)5-8-10(9)7-3-4-7/h6-8H,3-5H2,1-2H3. The van der Waals surface area contributed by atoms with E-state index in [0.717, 1.165) is 19.4 Å². The molecule has 2 nitrogen and oxygen atoms in total. The van der Waals surface area contributed by atoms with Crippen molar-refractivity contribution in [3.63, 3.8) is 0 Å². The van der Waals surface area contributed by atoms with E-state index in [0.29, 0.717) is 11.2 Å². The Morgan fingerprint density at radius 3 is 2.60 bits per heavy atom. The molecule has 1 rings (SSSR count). The molecular formula is C7H15NOS. The van der Waals surface area contributed by atoms with E-state index in [1.807, 2.05) is 0 Å². The van der Waals surface area contributed by atoms with Gasteiger partial charge in [0.1, 0.15) is 0 Å². The van der Waals surface area contributed by atoms with Crippen LogP contribution in [0.5, 0.6) is 0 Å². The molecule has 0 aromatic heterocycles. The van der Waals surface area contributed by atoms with Gasteiger partial charge in [-0.2, -0.15) is 0 Å². The van der Waals surface area contributed by atoms with Crippen LogP contribution in [0.4, 0.5) is 0 Å². The summed E-state index contributed by atoms with van der Waals surface area (Å²) in [5.41, 5.74) is 0. The van der Waals surface area contributed by atoms with Crippen molar-refractivity contribution in [1.82, 2.24) is 4.72 Å². The Balaban J connectivity index is 2.06. The Hall–Kier alpha value is 0.110. The van der Waals surface area contributed by atoms with Crippen LogP contribution in [0, 0.1) is 5.92 Å². The summed E-state index contributed by atoms with van der Waals surface area (Å²) in [7, 11) is -0.731. The first-order valence-corrected chi connectivity index (χ1v) is 5.05. The molecule has 0 aliphatic heterocycles. The van der Waals surface area contributed by atoms with E-state index in [-0.39, 0.29) is 0 Å². The third-order valence-electron chi connectivity index (χ3n) is 1.46. The van der Waals surface area contributed by atoms with Crippen molar-refractivity contribution in [3.8, 4) is 0 Å². The molecule has 0 saturated heterocycles. The Morgan fingerprint density at radius 1 is 1.60 bits per heavy atom. The maximum atomic E-state index is 11.1. The van der Waals surface area contributed by atoms with Crippen molar-refractivity contribution in [2.45, 2.75) is 31.9 Å². The zero-order valence-electron chi connectivity index (χ0n) is 6.59. The smallest absolute Gasteiger partial charge is 0.0947 e. The van der Waals surface area contributed by atoms with Gasteiger partial charge in [-0.1, -0.05) is 13.8 Å². The molecule has 0 bridgehead atoms. The molecule has 60 valence electrons. The molecule has 0 aromatic carbocycles. The third kappa shape index (κ3) is 2.80. The highest BCUT2D eigenvalue weighted by Crippen LogP contribution is 2.24. The second kappa shape index (κ2) is 3.49. The lowest BCUT2D eigenvalue weighted by molar-refractivity contribution is 0.616. The summed E-state index contributed by atoms with van der Waals surface area (Å²) in [6.07, 6.45) is 2.30. The number of rotatable bonds is 4. The molecule has 1 atom stereocenters. The normalized spacial score (nSPS) is 21.5. The SMILES string of the molecule is CC(C)CNS(=O)C1CC1. The Bertz CT molecular complexity index is 132. The monoisotopic (exact) mass is 161 g/mol. The van der Waals surface area contributed by atoms with Crippen LogP contribution in [-0.4, -0.2) is 16.0 Å². The minimum atomic E-state index is -0.731. The fourth-order valence-electron chi connectivity index (χ4n) is 0.649. The molecule has 0 aromatic rings. The van der Waals surface area contributed by atoms with E-state index in [1.54, 1.807) is 0 Å². The van der Waals surface area contributed by atoms with Gasteiger partial charge in [0.05, 0.1) is 11.0 Å². The van der Waals surface area contributed by atoms with Gasteiger partial charge >= 0.3 is 0 Å². The number of nitrogens with one attached hydrogen (secondary N) is 1. The zero-order chi connectivity index (χ0) is 7.56. The highest BCUT2D eigenvalue weighted by atomic mass is 32.2. The first-order valence-electron chi connectivity index (χ1n) is 3.84. The number of hydrogen-bond acceptors (Lipinski definition) is 1. The second-order valence-electron chi connectivity index (χ2n) is 3.24. The molecule has 1 aliphatic rings. The zero-order valence-corrected chi connectivity index (χ0v) is 7.41. The first kappa shape index (κ1) is 8.21. The fourth-order valence-corrected chi connectivity index (χ4v) is 1.95. The maximum absolute atomic E-state index is 11.1. The molecule has 3 heteroatoms. The summed E-state index contributed by atoms with van der Waals surface area (Å²) in [5.74, 6) is 0.600. The van der Waals surface area contributed by atoms with Gasteiger partial charge in [0.25, 0.3) is 0 Å². The van der Waals surface area contributed by atoms with Crippen LogP contribution >= 0.6 is 0 Å². The fraction of sp³-hybridized carbons (Fsp3) is 1.00. The van der Waals surface area contributed by atoms with Crippen molar-refractivity contribution in [1.29, 1.82) is 0 Å². The lowest BCUT2D eigenvalue weighted by atomic mass is 10.2. The van der Waals surface area contributed by atoms with Crippen LogP contribution in [0.25, 0.3) is 0 Å². The van der Waals surface area contributed by atoms with Gasteiger partial charge in [0.15, 0.2) is 0 Å². The molecule has 1 N–H and O–H groups in total. The predicted octanol–water partition coefficient (Wildman–Crippen LogP) is 1.06. The molecule has 0 radical (unpaired) electrons. The topological polar surface area (TPSA) is 29.1 Å². The highest BCUT2D eigenvalue weighted by molar-refractivity contribution is 7.84. The van der Waals surface area contributed by atoms with Crippen LogP contribution in [-0.2, 0) is 11.0 Å². The van der Waals surface area contributed by atoms with E-state index < -0.39 is 11.0 Å². The lowest BCUT2D eigenvalue weighted by Crippen LogP contribution is -2.24. The van der Waals surface area contributed by atoms with E-state index in [1.165, 1.54) is 0 Å². The van der Waals surface area contributed by atoms with Gasteiger partial charge in [-0.15, -0.1) is 0 Å². The van der Waals surface area contributed by atoms with E-state index >= 15 is 0 Å². The Morgan fingerprint density at radius 2 is 2.20 bits per heavy atom. The molecule has 10 heavy (non-hydrogen) atoms. The summed E-state index contributed by atoms with van der Waals surface area (Å²) >= 11 is 0. The van der Waals surface area contributed by atoms with Crippen molar-refractivity contribution < 1.29 is 4.21 Å². The van der Waals surface area contributed by atoms with Gasteiger partial charge in [0.2, 0.25) is 0 Å². The average Bonchev–Trinajstić information content (AvgIpc) is 2.63. The highest BCUT2D eigenvalue weighted by Gasteiger charge is 2.27. The second-order valence-corrected chi connectivity index (χ2v) is 4.79. The summed E-state index contributed by atoms with van der Waals surface area (Å²) in [5, 5.41) is 0.471. The van der Waals surface area contributed by atoms with Crippen molar-refractivity contribution in [2.75, 3.05) is 6.54 Å². The third-order valence-corrected chi connectivity index (χ3v) is 2.99. The van der Waals surface area contributed by atoms with Gasteiger partial charge in [-0.05, 0) is 18.8 Å². The molecule has 0 heterocycles. The summed E-state index contributed by atoms with van der Waals surface area (Å²) in [6, 6.07) is 0. The summed E-state index contributed by atoms with van der Waals surface area (Å²) < 4.78 is 14.1. The molecule has 1 saturated carbocycles. The molecule has 1 unspecified atom stereocenters. The van der Waals surface area contributed by atoms with Crippen LogP contribution in [0.1, 0.15) is 26.7 Å². The minimum absolute atomic E-state index is 0.471. The first-order chi connectivity index (χ1) is 4.70. The van der Waals surface area contributed by atoms with Gasteiger partial charge < -0.3 is 0 Å². The molecular weight excluding hydrogens is 146 g/mol. The quantitative estimate of drug-likeness (QED) is 0.656. The molecule has 0 amide bonds. The van der Waals surface area contributed by atoms with E-state index in [4.69, 9.17) is 0 Å². The Labute approximate surface area is 65.0 Å². The minimum Gasteiger partial charge on any atom is -0.243 e.